The standard InChI is InChI=1S/C31H39N3O5/c1-6-13-34(14-8-15-35)30(38)24-17-22-11-12-23(29(37)33-25-10-7-9-21(2)16-25)19-27(22)32-26(18-24)20-28(36)39-31(3,4)5/h7,9-12,16-17,19,35H,6,8,13-15,18,20H2,1-5H3,(H,33,37). The average molecular weight is 534 g/mol. The van der Waals surface area contributed by atoms with E-state index in [4.69, 9.17) is 9.73 Å². The van der Waals surface area contributed by atoms with E-state index in [9.17, 15) is 19.5 Å². The number of esters is 1. The van der Waals surface area contributed by atoms with Crippen LogP contribution in [0.25, 0.3) is 6.08 Å². The Kier molecular flexibility index (Phi) is 10.2. The highest BCUT2D eigenvalue weighted by molar-refractivity contribution is 6.11. The number of aliphatic hydroxyl groups excluding tert-OH is 1. The highest BCUT2D eigenvalue weighted by Gasteiger charge is 2.25. The molecular weight excluding hydrogens is 494 g/mol. The van der Waals surface area contributed by atoms with Gasteiger partial charge in [-0.1, -0.05) is 25.1 Å². The third kappa shape index (κ3) is 8.89. The highest BCUT2D eigenvalue weighted by atomic mass is 16.6. The zero-order valence-electron chi connectivity index (χ0n) is 23.5. The second-order valence-electron chi connectivity index (χ2n) is 10.8. The van der Waals surface area contributed by atoms with Crippen molar-refractivity contribution in [1.82, 2.24) is 4.90 Å². The maximum absolute atomic E-state index is 13.6. The van der Waals surface area contributed by atoms with E-state index in [0.717, 1.165) is 12.0 Å². The van der Waals surface area contributed by atoms with Gasteiger partial charge in [0.2, 0.25) is 5.91 Å². The number of amides is 2. The number of fused-ring (bicyclic) bond motifs is 1. The Morgan fingerprint density at radius 2 is 1.87 bits per heavy atom. The molecule has 1 aliphatic rings. The van der Waals surface area contributed by atoms with Crippen LogP contribution in [0.5, 0.6) is 0 Å². The Morgan fingerprint density at radius 3 is 2.54 bits per heavy atom. The third-order valence-electron chi connectivity index (χ3n) is 5.98. The number of rotatable bonds is 10. The smallest absolute Gasteiger partial charge is 0.312 e. The first-order valence-corrected chi connectivity index (χ1v) is 13.4. The normalized spacial score (nSPS) is 13.0. The summed E-state index contributed by atoms with van der Waals surface area (Å²) in [6.07, 6.45) is 3.14. The van der Waals surface area contributed by atoms with E-state index in [1.54, 1.807) is 49.9 Å². The van der Waals surface area contributed by atoms with Gasteiger partial charge >= 0.3 is 5.97 Å². The number of aliphatic imine (C=N–C) groups is 1. The van der Waals surface area contributed by atoms with E-state index in [1.807, 2.05) is 38.1 Å². The second-order valence-corrected chi connectivity index (χ2v) is 10.8. The van der Waals surface area contributed by atoms with Gasteiger partial charge in [0.1, 0.15) is 5.60 Å². The number of aliphatic hydroxyl groups is 1. The Labute approximate surface area is 230 Å². The van der Waals surface area contributed by atoms with E-state index in [0.29, 0.717) is 53.3 Å². The van der Waals surface area contributed by atoms with Crippen LogP contribution < -0.4 is 5.32 Å². The zero-order valence-corrected chi connectivity index (χ0v) is 23.5. The lowest BCUT2D eigenvalue weighted by Gasteiger charge is -2.23. The van der Waals surface area contributed by atoms with E-state index in [-0.39, 0.29) is 31.3 Å². The summed E-state index contributed by atoms with van der Waals surface area (Å²) in [5.74, 6) is -0.873. The van der Waals surface area contributed by atoms with Gasteiger partial charge in [-0.3, -0.25) is 19.4 Å². The largest absolute Gasteiger partial charge is 0.460 e. The van der Waals surface area contributed by atoms with Crippen molar-refractivity contribution in [1.29, 1.82) is 0 Å². The summed E-state index contributed by atoms with van der Waals surface area (Å²) < 4.78 is 5.52. The van der Waals surface area contributed by atoms with E-state index in [2.05, 4.69) is 5.32 Å². The molecule has 39 heavy (non-hydrogen) atoms. The highest BCUT2D eigenvalue weighted by Crippen LogP contribution is 2.30. The number of hydrogen-bond acceptors (Lipinski definition) is 6. The van der Waals surface area contributed by atoms with Crippen LogP contribution in [-0.2, 0) is 14.3 Å². The van der Waals surface area contributed by atoms with Gasteiger partial charge in [0.25, 0.3) is 5.91 Å². The van der Waals surface area contributed by atoms with Crippen LogP contribution in [0.1, 0.15) is 74.9 Å². The number of hydrogen-bond donors (Lipinski definition) is 2. The lowest BCUT2D eigenvalue weighted by Crippen LogP contribution is -2.34. The lowest BCUT2D eigenvalue weighted by atomic mass is 10.0. The van der Waals surface area contributed by atoms with Gasteiger partial charge < -0.3 is 20.1 Å². The molecule has 8 heteroatoms. The lowest BCUT2D eigenvalue weighted by molar-refractivity contribution is -0.153. The van der Waals surface area contributed by atoms with Gasteiger partial charge in [-0.2, -0.15) is 0 Å². The minimum atomic E-state index is -0.655. The fraction of sp³-hybridized carbons (Fsp3) is 0.419. The van der Waals surface area contributed by atoms with E-state index in [1.165, 1.54) is 0 Å². The molecular formula is C31H39N3O5. The zero-order chi connectivity index (χ0) is 28.6. The molecule has 0 saturated carbocycles. The first kappa shape index (κ1) is 29.8. The third-order valence-corrected chi connectivity index (χ3v) is 5.98. The summed E-state index contributed by atoms with van der Waals surface area (Å²) in [5.41, 5.74) is 3.65. The summed E-state index contributed by atoms with van der Waals surface area (Å²) >= 11 is 0. The maximum Gasteiger partial charge on any atom is 0.312 e. The molecule has 0 saturated heterocycles. The van der Waals surface area contributed by atoms with E-state index < -0.39 is 11.6 Å². The fourth-order valence-electron chi connectivity index (χ4n) is 4.33. The quantitative estimate of drug-likeness (QED) is 0.394. The van der Waals surface area contributed by atoms with Crippen molar-refractivity contribution in [3.8, 4) is 0 Å². The number of anilines is 1. The van der Waals surface area contributed by atoms with Crippen molar-refractivity contribution in [2.45, 2.75) is 65.9 Å². The number of ether oxygens (including phenoxy) is 1. The maximum atomic E-state index is 13.6. The van der Waals surface area contributed by atoms with Gasteiger partial charge in [-0.25, -0.2) is 0 Å². The molecule has 0 spiro atoms. The number of nitrogens with one attached hydrogen (secondary N) is 1. The molecule has 0 bridgehead atoms. The van der Waals surface area contributed by atoms with Crippen molar-refractivity contribution in [2.24, 2.45) is 4.99 Å². The Balaban J connectivity index is 1.97. The molecule has 0 radical (unpaired) electrons. The molecule has 1 aliphatic heterocycles. The number of benzene rings is 2. The van der Waals surface area contributed by atoms with Crippen LogP contribution >= 0.6 is 0 Å². The number of nitrogens with zero attached hydrogens (tertiary/aromatic N) is 2. The Morgan fingerprint density at radius 1 is 1.10 bits per heavy atom. The van der Waals surface area contributed by atoms with Crippen molar-refractivity contribution in [2.75, 3.05) is 25.0 Å². The molecule has 2 aromatic carbocycles. The molecule has 2 aromatic rings. The first-order chi connectivity index (χ1) is 18.5. The summed E-state index contributed by atoms with van der Waals surface area (Å²) in [4.78, 5) is 45.8. The van der Waals surface area contributed by atoms with Gasteiger partial charge in [-0.15, -0.1) is 0 Å². The van der Waals surface area contributed by atoms with Gasteiger partial charge in [0, 0.05) is 54.2 Å². The molecule has 1 heterocycles. The van der Waals surface area contributed by atoms with Crippen LogP contribution in [0.2, 0.25) is 0 Å². The van der Waals surface area contributed by atoms with Crippen LogP contribution in [0.15, 0.2) is 53.0 Å². The predicted octanol–water partition coefficient (Wildman–Crippen LogP) is 5.46. The Bertz CT molecular complexity index is 1270. The van der Waals surface area contributed by atoms with Crippen molar-refractivity contribution < 1.29 is 24.2 Å². The molecule has 0 fully saturated rings. The summed E-state index contributed by atoms with van der Waals surface area (Å²) in [7, 11) is 0. The van der Waals surface area contributed by atoms with Crippen LogP contribution in [0.3, 0.4) is 0 Å². The predicted molar refractivity (Wildman–Crippen MR) is 154 cm³/mol. The first-order valence-electron chi connectivity index (χ1n) is 13.4. The number of carbonyl (C=O) groups excluding carboxylic acids is 3. The molecule has 0 aliphatic carbocycles. The topological polar surface area (TPSA) is 108 Å². The van der Waals surface area contributed by atoms with Gasteiger partial charge in [0.05, 0.1) is 12.1 Å². The van der Waals surface area contributed by atoms with Gasteiger partial charge in [-0.05, 0) is 76.4 Å². The molecule has 3 rings (SSSR count). The molecule has 0 unspecified atom stereocenters. The average Bonchev–Trinajstić information content (AvgIpc) is 3.03. The SMILES string of the molecule is CCCN(CCCO)C(=O)C1=Cc2ccc(C(=O)Nc3cccc(C)c3)cc2N=C(CC(=O)OC(C)(C)C)C1. The van der Waals surface area contributed by atoms with Crippen molar-refractivity contribution in [3.63, 3.8) is 0 Å². The molecule has 2 amide bonds. The van der Waals surface area contributed by atoms with Crippen LogP contribution in [-0.4, -0.2) is 58.8 Å². The summed E-state index contributed by atoms with van der Waals surface area (Å²) in [6.45, 7) is 10.3. The molecule has 0 aromatic heterocycles. The minimum Gasteiger partial charge on any atom is -0.460 e. The second kappa shape index (κ2) is 13.3. The van der Waals surface area contributed by atoms with Gasteiger partial charge in [0.15, 0.2) is 0 Å². The monoisotopic (exact) mass is 533 g/mol. The number of carbonyl (C=O) groups is 3. The number of aryl methyl sites for hydroxylation is 1. The van der Waals surface area contributed by atoms with Crippen LogP contribution in [0, 0.1) is 6.92 Å². The van der Waals surface area contributed by atoms with Crippen molar-refractivity contribution in [3.05, 3.63) is 64.7 Å². The van der Waals surface area contributed by atoms with Crippen molar-refractivity contribution >= 4 is 40.9 Å². The molecule has 0 atom stereocenters. The minimum absolute atomic E-state index is 0.00583. The molecule has 208 valence electrons. The van der Waals surface area contributed by atoms with Crippen LogP contribution in [0.4, 0.5) is 11.4 Å². The molecule has 2 N–H and O–H groups in total. The Hall–Kier alpha value is -3.78. The van der Waals surface area contributed by atoms with E-state index >= 15 is 0 Å². The molecule has 8 nitrogen and oxygen atoms in total. The summed E-state index contributed by atoms with van der Waals surface area (Å²) in [6, 6.07) is 12.7. The summed E-state index contributed by atoms with van der Waals surface area (Å²) in [5, 5.41) is 12.2. The fourth-order valence-corrected chi connectivity index (χ4v) is 4.33.